The van der Waals surface area contributed by atoms with Crippen molar-refractivity contribution in [2.75, 3.05) is 0 Å². The zero-order valence-electron chi connectivity index (χ0n) is 16.5. The average molecular weight is 397 g/mol. The lowest BCUT2D eigenvalue weighted by Gasteiger charge is -2.31. The first kappa shape index (κ1) is 19.2. The number of H-pyrrole nitrogens is 1. The zero-order valence-corrected chi connectivity index (χ0v) is 17.4. The number of fused-ring (bicyclic) bond motifs is 1. The second kappa shape index (κ2) is 7.72. The summed E-state index contributed by atoms with van der Waals surface area (Å²) in [4.78, 5) is 3.77. The van der Waals surface area contributed by atoms with E-state index in [1.165, 1.54) is 6.42 Å². The molecular weight excluding hydrogens is 368 g/mol. The fourth-order valence-electron chi connectivity index (χ4n) is 4.51. The average Bonchev–Trinajstić information content (AvgIpc) is 3.03. The van der Waals surface area contributed by atoms with Crippen molar-refractivity contribution in [3.05, 3.63) is 65.4 Å². The van der Waals surface area contributed by atoms with Gasteiger partial charge in [0.2, 0.25) is 10.0 Å². The molecule has 1 atom stereocenters. The summed E-state index contributed by atoms with van der Waals surface area (Å²) in [6.07, 6.45) is 5.67. The molecule has 148 valence electrons. The summed E-state index contributed by atoms with van der Waals surface area (Å²) in [6, 6.07) is 15.0. The third-order valence-corrected chi connectivity index (χ3v) is 7.45. The van der Waals surface area contributed by atoms with Crippen LogP contribution >= 0.6 is 0 Å². The second-order valence-corrected chi connectivity index (χ2v) is 9.73. The van der Waals surface area contributed by atoms with Gasteiger partial charge in [-0.3, -0.25) is 0 Å². The van der Waals surface area contributed by atoms with E-state index in [2.05, 4.69) is 21.8 Å². The summed E-state index contributed by atoms with van der Waals surface area (Å²) in [7, 11) is -3.60. The number of sulfonamides is 1. The number of para-hydroxylation sites is 1. The summed E-state index contributed by atoms with van der Waals surface area (Å²) in [6.45, 7) is 4.01. The molecule has 0 amide bonds. The third-order valence-electron chi connectivity index (χ3n) is 5.99. The molecule has 1 unspecified atom stereocenters. The number of aromatic amines is 1. The summed E-state index contributed by atoms with van der Waals surface area (Å²) in [5.74, 6) is 0.312. The van der Waals surface area contributed by atoms with Gasteiger partial charge in [-0.15, -0.1) is 0 Å². The Balaban J connectivity index is 1.77. The van der Waals surface area contributed by atoms with Crippen LogP contribution in [0.3, 0.4) is 0 Å². The summed E-state index contributed by atoms with van der Waals surface area (Å²) < 4.78 is 29.5. The maximum Gasteiger partial charge on any atom is 0.241 e. The lowest BCUT2D eigenvalue weighted by atomic mass is 9.81. The zero-order chi connectivity index (χ0) is 19.7. The van der Waals surface area contributed by atoms with Crippen molar-refractivity contribution < 1.29 is 8.42 Å². The number of aryl methyl sites for hydroxylation is 2. The third kappa shape index (κ3) is 3.74. The molecule has 2 N–H and O–H groups in total. The summed E-state index contributed by atoms with van der Waals surface area (Å²) >= 11 is 0. The lowest BCUT2D eigenvalue weighted by molar-refractivity contribution is 0.294. The maximum absolute atomic E-state index is 13.2. The molecule has 1 heterocycles. The SMILES string of the molecule is Cc1ccc(S(=O)(=O)NC(c2c(C)[nH]c3ccccc23)C2CCCCC2)cc1. The number of nitrogens with one attached hydrogen (secondary N) is 2. The van der Waals surface area contributed by atoms with Crippen LogP contribution in [0.1, 0.15) is 55.0 Å². The molecular formula is C23H28N2O2S. The highest BCUT2D eigenvalue weighted by Crippen LogP contribution is 2.39. The largest absolute Gasteiger partial charge is 0.358 e. The topological polar surface area (TPSA) is 62.0 Å². The van der Waals surface area contributed by atoms with Crippen LogP contribution in [0.15, 0.2) is 53.4 Å². The van der Waals surface area contributed by atoms with Gasteiger partial charge in [-0.2, -0.15) is 0 Å². The number of benzene rings is 2. The van der Waals surface area contributed by atoms with Gasteiger partial charge in [0, 0.05) is 16.6 Å². The Morgan fingerprint density at radius 2 is 1.64 bits per heavy atom. The molecule has 0 bridgehead atoms. The fraction of sp³-hybridized carbons (Fsp3) is 0.391. The Bertz CT molecular complexity index is 1060. The number of hydrogen-bond acceptors (Lipinski definition) is 2. The molecule has 3 aromatic rings. The molecule has 5 heteroatoms. The predicted molar refractivity (Wildman–Crippen MR) is 114 cm³/mol. The molecule has 1 saturated carbocycles. The van der Waals surface area contributed by atoms with Gasteiger partial charge >= 0.3 is 0 Å². The first-order chi connectivity index (χ1) is 13.5. The number of rotatable bonds is 5. The van der Waals surface area contributed by atoms with E-state index in [4.69, 9.17) is 0 Å². The van der Waals surface area contributed by atoms with E-state index in [1.54, 1.807) is 12.1 Å². The molecule has 4 nitrogen and oxygen atoms in total. The van der Waals surface area contributed by atoms with Crippen molar-refractivity contribution in [2.24, 2.45) is 5.92 Å². The first-order valence-corrected chi connectivity index (χ1v) is 11.6. The van der Waals surface area contributed by atoms with E-state index in [-0.39, 0.29) is 6.04 Å². The van der Waals surface area contributed by atoms with E-state index in [0.29, 0.717) is 10.8 Å². The van der Waals surface area contributed by atoms with Crippen LogP contribution in [-0.4, -0.2) is 13.4 Å². The highest BCUT2D eigenvalue weighted by atomic mass is 32.2. The van der Waals surface area contributed by atoms with Crippen molar-refractivity contribution in [1.82, 2.24) is 9.71 Å². The van der Waals surface area contributed by atoms with E-state index < -0.39 is 10.0 Å². The molecule has 2 aromatic carbocycles. The fourth-order valence-corrected chi connectivity index (χ4v) is 5.79. The molecule has 1 aliphatic rings. The standard InChI is InChI=1S/C23H28N2O2S/c1-16-12-14-19(15-13-16)28(26,27)25-23(18-8-4-3-5-9-18)22-17(2)24-21-11-7-6-10-20(21)22/h6-7,10-15,18,23-25H,3-5,8-9H2,1-2H3. The predicted octanol–water partition coefficient (Wildman–Crippen LogP) is 5.38. The van der Waals surface area contributed by atoms with Crippen LogP contribution in [0.25, 0.3) is 10.9 Å². The van der Waals surface area contributed by atoms with E-state index in [1.807, 2.05) is 38.1 Å². The molecule has 4 rings (SSSR count). The Labute approximate surface area is 167 Å². The van der Waals surface area contributed by atoms with Gasteiger partial charge in [0.15, 0.2) is 0 Å². The van der Waals surface area contributed by atoms with Gasteiger partial charge in [0.05, 0.1) is 10.9 Å². The molecule has 1 fully saturated rings. The van der Waals surface area contributed by atoms with Crippen LogP contribution in [0.5, 0.6) is 0 Å². The van der Waals surface area contributed by atoms with Crippen molar-refractivity contribution in [3.63, 3.8) is 0 Å². The first-order valence-electron chi connectivity index (χ1n) is 10.1. The van der Waals surface area contributed by atoms with Crippen molar-refractivity contribution in [3.8, 4) is 0 Å². The van der Waals surface area contributed by atoms with Crippen LogP contribution in [-0.2, 0) is 10.0 Å². The summed E-state index contributed by atoms with van der Waals surface area (Å²) in [5, 5.41) is 1.11. The number of hydrogen-bond donors (Lipinski definition) is 2. The number of aromatic nitrogens is 1. The highest BCUT2D eigenvalue weighted by Gasteiger charge is 2.32. The minimum atomic E-state index is -3.60. The van der Waals surface area contributed by atoms with Crippen molar-refractivity contribution in [1.29, 1.82) is 0 Å². The van der Waals surface area contributed by atoms with E-state index in [9.17, 15) is 8.42 Å². The monoisotopic (exact) mass is 396 g/mol. The van der Waals surface area contributed by atoms with Gasteiger partial charge in [-0.1, -0.05) is 55.2 Å². The normalized spacial score (nSPS) is 17.1. The highest BCUT2D eigenvalue weighted by molar-refractivity contribution is 7.89. The van der Waals surface area contributed by atoms with Crippen LogP contribution < -0.4 is 4.72 Å². The molecule has 0 spiro atoms. The minimum absolute atomic E-state index is 0.220. The molecule has 1 aromatic heterocycles. The van der Waals surface area contributed by atoms with Gasteiger partial charge in [-0.05, 0) is 56.4 Å². The molecule has 28 heavy (non-hydrogen) atoms. The van der Waals surface area contributed by atoms with E-state index in [0.717, 1.165) is 53.4 Å². The van der Waals surface area contributed by atoms with Crippen molar-refractivity contribution >= 4 is 20.9 Å². The molecule has 0 saturated heterocycles. The Morgan fingerprint density at radius 1 is 0.964 bits per heavy atom. The molecule has 1 aliphatic carbocycles. The van der Waals surface area contributed by atoms with E-state index >= 15 is 0 Å². The van der Waals surface area contributed by atoms with Gasteiger partial charge in [0.1, 0.15) is 0 Å². The van der Waals surface area contributed by atoms with Crippen LogP contribution in [0.4, 0.5) is 0 Å². The van der Waals surface area contributed by atoms with Crippen LogP contribution in [0, 0.1) is 19.8 Å². The quantitative estimate of drug-likeness (QED) is 0.608. The maximum atomic E-state index is 13.2. The second-order valence-electron chi connectivity index (χ2n) is 8.02. The van der Waals surface area contributed by atoms with Gasteiger partial charge in [0.25, 0.3) is 0 Å². The van der Waals surface area contributed by atoms with Crippen LogP contribution in [0.2, 0.25) is 0 Å². The summed E-state index contributed by atoms with van der Waals surface area (Å²) in [5.41, 5.74) is 4.25. The van der Waals surface area contributed by atoms with Gasteiger partial charge in [-0.25, -0.2) is 13.1 Å². The minimum Gasteiger partial charge on any atom is -0.358 e. The van der Waals surface area contributed by atoms with Gasteiger partial charge < -0.3 is 4.98 Å². The Morgan fingerprint density at radius 3 is 2.36 bits per heavy atom. The Hall–Kier alpha value is -2.11. The Kier molecular flexibility index (Phi) is 5.30. The molecule has 0 radical (unpaired) electrons. The van der Waals surface area contributed by atoms with Crippen molar-refractivity contribution in [2.45, 2.75) is 56.9 Å². The smallest absolute Gasteiger partial charge is 0.241 e. The molecule has 0 aliphatic heterocycles. The lowest BCUT2D eigenvalue weighted by Crippen LogP contribution is -2.34.